The van der Waals surface area contributed by atoms with E-state index in [-0.39, 0.29) is 12.1 Å². The maximum absolute atomic E-state index is 12.4. The van der Waals surface area contributed by atoms with Crippen molar-refractivity contribution in [2.24, 2.45) is 0 Å². The van der Waals surface area contributed by atoms with Crippen molar-refractivity contribution in [1.29, 1.82) is 0 Å². The van der Waals surface area contributed by atoms with Crippen LogP contribution in [0.4, 0.5) is 0 Å². The third kappa shape index (κ3) is 3.42. The molecule has 2 atom stereocenters. The second-order valence-corrected chi connectivity index (χ2v) is 8.57. The van der Waals surface area contributed by atoms with Gasteiger partial charge in [-0.05, 0) is 25.6 Å². The van der Waals surface area contributed by atoms with Crippen molar-refractivity contribution < 1.29 is 13.2 Å². The number of hydrogen-bond acceptors (Lipinski definition) is 5. The average Bonchev–Trinajstić information content (AvgIpc) is 3.20. The van der Waals surface area contributed by atoms with Crippen LogP contribution >= 0.6 is 0 Å². The van der Waals surface area contributed by atoms with E-state index in [0.717, 1.165) is 12.2 Å². The maximum Gasteiger partial charge on any atom is 0.308 e. The van der Waals surface area contributed by atoms with Crippen LogP contribution in [0.25, 0.3) is 0 Å². The molecule has 8 heteroatoms. The molecular formula is C17H24N4O3S. The smallest absolute Gasteiger partial charge is 0.308 e. The number of para-hydroxylation sites is 1. The summed E-state index contributed by atoms with van der Waals surface area (Å²) in [4.78, 5) is 6.30. The van der Waals surface area contributed by atoms with Gasteiger partial charge in [0.1, 0.15) is 17.7 Å². The lowest BCUT2D eigenvalue weighted by atomic mass is 10.0. The van der Waals surface area contributed by atoms with Crippen LogP contribution in [0.3, 0.4) is 0 Å². The van der Waals surface area contributed by atoms with Crippen LogP contribution in [0.5, 0.6) is 5.75 Å². The van der Waals surface area contributed by atoms with Crippen molar-refractivity contribution in [2.75, 3.05) is 21.1 Å². The summed E-state index contributed by atoms with van der Waals surface area (Å²) in [6.07, 6.45) is 3.88. The lowest BCUT2D eigenvalue weighted by Crippen LogP contribution is -2.42. The zero-order valence-electron chi connectivity index (χ0n) is 15.0. The van der Waals surface area contributed by atoms with Crippen LogP contribution in [-0.2, 0) is 23.2 Å². The highest BCUT2D eigenvalue weighted by Gasteiger charge is 2.30. The first-order valence-electron chi connectivity index (χ1n) is 8.20. The topological polar surface area (TPSA) is 67.7 Å². The molecule has 0 saturated carbocycles. The summed E-state index contributed by atoms with van der Waals surface area (Å²) in [6.45, 7) is 2.50. The van der Waals surface area contributed by atoms with Crippen LogP contribution in [0, 0.1) is 0 Å². The summed E-state index contributed by atoms with van der Waals surface area (Å²) in [5.41, 5.74) is 1.21. The number of ether oxygens (including phenoxy) is 1. The normalized spacial score (nSPS) is 18.4. The lowest BCUT2D eigenvalue weighted by Gasteiger charge is -2.29. The molecule has 0 radical (unpaired) electrons. The molecule has 0 unspecified atom stereocenters. The Morgan fingerprint density at radius 3 is 2.72 bits per heavy atom. The summed E-state index contributed by atoms with van der Waals surface area (Å²) in [7, 11) is 1.41. The Bertz CT molecular complexity index is 822. The molecule has 0 bridgehead atoms. The number of imidazole rings is 1. The number of aromatic nitrogens is 2. The minimum Gasteiger partial charge on any atom is -0.488 e. The third-order valence-electron chi connectivity index (χ3n) is 4.69. The number of nitrogens with zero attached hydrogens (tertiary/aromatic N) is 4. The minimum atomic E-state index is -3.57. The summed E-state index contributed by atoms with van der Waals surface area (Å²) >= 11 is 0. The highest BCUT2D eigenvalue weighted by Crippen LogP contribution is 2.30. The zero-order chi connectivity index (χ0) is 18.2. The molecule has 0 saturated heterocycles. The SMILES string of the molecule is C[C@H]([C@@H]1Cc2ccccc2O1)N(C)Cc1nccn1S(=O)(=O)N(C)C. The monoisotopic (exact) mass is 364 g/mol. The van der Waals surface area contributed by atoms with Gasteiger partial charge in [-0.2, -0.15) is 12.7 Å². The molecule has 0 fully saturated rings. The summed E-state index contributed by atoms with van der Waals surface area (Å²) in [5, 5.41) is 0. The first-order valence-corrected chi connectivity index (χ1v) is 9.60. The predicted octanol–water partition coefficient (Wildman–Crippen LogP) is 1.36. The molecule has 0 N–H and O–H groups in total. The van der Waals surface area contributed by atoms with Crippen LogP contribution in [0.1, 0.15) is 18.3 Å². The predicted molar refractivity (Wildman–Crippen MR) is 95.7 cm³/mol. The van der Waals surface area contributed by atoms with Crippen molar-refractivity contribution >= 4 is 10.2 Å². The van der Waals surface area contributed by atoms with Gasteiger partial charge in [0.05, 0.1) is 6.54 Å². The molecule has 0 amide bonds. The van der Waals surface area contributed by atoms with E-state index >= 15 is 0 Å². The molecule has 0 aliphatic carbocycles. The van der Waals surface area contributed by atoms with Crippen molar-refractivity contribution in [2.45, 2.75) is 32.0 Å². The van der Waals surface area contributed by atoms with Crippen LogP contribution < -0.4 is 4.74 Å². The summed E-state index contributed by atoms with van der Waals surface area (Å²) < 4.78 is 33.2. The largest absolute Gasteiger partial charge is 0.488 e. The van der Waals surface area contributed by atoms with Gasteiger partial charge in [0.15, 0.2) is 0 Å². The van der Waals surface area contributed by atoms with Crippen molar-refractivity contribution in [3.63, 3.8) is 0 Å². The molecule has 1 aliphatic rings. The minimum absolute atomic E-state index is 0.0382. The maximum atomic E-state index is 12.4. The molecule has 25 heavy (non-hydrogen) atoms. The second kappa shape index (κ2) is 6.78. The molecule has 7 nitrogen and oxygen atoms in total. The quantitative estimate of drug-likeness (QED) is 0.774. The molecular weight excluding hydrogens is 340 g/mol. The first-order chi connectivity index (χ1) is 11.8. The van der Waals surface area contributed by atoms with Gasteiger partial charge < -0.3 is 4.74 Å². The standard InChI is InChI=1S/C17H24N4O3S/c1-13(16-11-14-7-5-6-8-15(14)24-16)20(4)12-17-18-9-10-21(17)25(22,23)19(2)3/h5-10,13,16H,11-12H2,1-4H3/t13-,16+/m1/s1. The molecule has 3 rings (SSSR count). The van der Waals surface area contributed by atoms with Crippen LogP contribution in [0.15, 0.2) is 36.7 Å². The lowest BCUT2D eigenvalue weighted by molar-refractivity contribution is 0.103. The van der Waals surface area contributed by atoms with Crippen molar-refractivity contribution in [1.82, 2.24) is 18.2 Å². The third-order valence-corrected chi connectivity index (χ3v) is 6.44. The van der Waals surface area contributed by atoms with Gasteiger partial charge in [0.25, 0.3) is 0 Å². The van der Waals surface area contributed by atoms with Crippen molar-refractivity contribution in [3.8, 4) is 5.75 Å². The Kier molecular flexibility index (Phi) is 4.86. The Balaban J connectivity index is 1.72. The van der Waals surface area contributed by atoms with E-state index in [9.17, 15) is 8.42 Å². The molecule has 1 aromatic heterocycles. The summed E-state index contributed by atoms with van der Waals surface area (Å²) in [6, 6.07) is 8.16. The Labute approximate surface area is 149 Å². The fourth-order valence-corrected chi connectivity index (χ4v) is 3.88. The fourth-order valence-electron chi connectivity index (χ4n) is 2.95. The highest BCUT2D eigenvalue weighted by atomic mass is 32.2. The van der Waals surface area contributed by atoms with E-state index < -0.39 is 10.2 Å². The molecule has 1 aromatic carbocycles. The van der Waals surface area contributed by atoms with Gasteiger partial charge in [0, 0.05) is 39.0 Å². The first kappa shape index (κ1) is 17.9. The van der Waals surface area contributed by atoms with E-state index in [1.165, 1.54) is 40.3 Å². The van der Waals surface area contributed by atoms with Gasteiger partial charge in [0.2, 0.25) is 0 Å². The van der Waals surface area contributed by atoms with E-state index in [1.54, 1.807) is 0 Å². The summed E-state index contributed by atoms with van der Waals surface area (Å²) in [5.74, 6) is 1.42. The number of likely N-dealkylation sites (N-methyl/N-ethyl adjacent to an activating group) is 1. The van der Waals surface area contributed by atoms with Crippen molar-refractivity contribution in [3.05, 3.63) is 48.0 Å². The Hall–Kier alpha value is -1.90. The van der Waals surface area contributed by atoms with Gasteiger partial charge in [-0.15, -0.1) is 0 Å². The molecule has 136 valence electrons. The van der Waals surface area contributed by atoms with Gasteiger partial charge in [-0.1, -0.05) is 18.2 Å². The molecule has 2 aromatic rings. The zero-order valence-corrected chi connectivity index (χ0v) is 15.8. The average molecular weight is 364 g/mol. The van der Waals surface area contributed by atoms with E-state index in [0.29, 0.717) is 12.4 Å². The van der Waals surface area contributed by atoms with E-state index in [4.69, 9.17) is 4.74 Å². The molecule has 0 spiro atoms. The van der Waals surface area contributed by atoms with Gasteiger partial charge in [-0.25, -0.2) is 8.96 Å². The number of hydrogen-bond donors (Lipinski definition) is 0. The fraction of sp³-hybridized carbons (Fsp3) is 0.471. The number of fused-ring (bicyclic) bond motifs is 1. The van der Waals surface area contributed by atoms with Crippen LogP contribution in [0.2, 0.25) is 0 Å². The van der Waals surface area contributed by atoms with Gasteiger partial charge >= 0.3 is 10.2 Å². The number of benzene rings is 1. The van der Waals surface area contributed by atoms with E-state index in [1.807, 2.05) is 25.2 Å². The Morgan fingerprint density at radius 1 is 1.32 bits per heavy atom. The highest BCUT2D eigenvalue weighted by molar-refractivity contribution is 7.87. The molecule has 2 heterocycles. The van der Waals surface area contributed by atoms with E-state index in [2.05, 4.69) is 22.9 Å². The Morgan fingerprint density at radius 2 is 2.04 bits per heavy atom. The number of rotatable bonds is 6. The molecule has 1 aliphatic heterocycles. The second-order valence-electron chi connectivity index (χ2n) is 6.55. The van der Waals surface area contributed by atoms with Crippen LogP contribution in [-0.4, -0.2) is 59.9 Å². The van der Waals surface area contributed by atoms with Gasteiger partial charge in [-0.3, -0.25) is 4.90 Å².